The van der Waals surface area contributed by atoms with E-state index in [-0.39, 0.29) is 11.8 Å². The van der Waals surface area contributed by atoms with E-state index in [1.54, 1.807) is 0 Å². The Kier molecular flexibility index (Phi) is 5.03. The van der Waals surface area contributed by atoms with Gasteiger partial charge in [0.1, 0.15) is 6.04 Å². The van der Waals surface area contributed by atoms with Crippen molar-refractivity contribution in [2.45, 2.75) is 57.6 Å². The van der Waals surface area contributed by atoms with Crippen LogP contribution in [0.4, 0.5) is 0 Å². The Morgan fingerprint density at radius 2 is 2.29 bits per heavy atom. The average Bonchev–Trinajstić information content (AvgIpc) is 3.10. The zero-order valence-corrected chi connectivity index (χ0v) is 12.5. The number of rotatable bonds is 5. The first kappa shape index (κ1) is 15.6. The molecule has 7 nitrogen and oxygen atoms in total. The van der Waals surface area contributed by atoms with Crippen molar-refractivity contribution in [2.75, 3.05) is 13.7 Å². The first-order chi connectivity index (χ1) is 10.1. The zero-order valence-electron chi connectivity index (χ0n) is 12.5. The molecule has 0 aromatic rings. The van der Waals surface area contributed by atoms with E-state index in [0.29, 0.717) is 24.3 Å². The number of carbonyl (C=O) groups excluding carboxylic acids is 2. The van der Waals surface area contributed by atoms with Gasteiger partial charge in [-0.1, -0.05) is 19.8 Å². The molecule has 1 fully saturated rings. The van der Waals surface area contributed by atoms with Crippen molar-refractivity contribution in [3.05, 3.63) is 5.21 Å². The fourth-order valence-corrected chi connectivity index (χ4v) is 2.84. The minimum absolute atomic E-state index is 0.0897. The van der Waals surface area contributed by atoms with Crippen LogP contribution in [-0.2, 0) is 19.2 Å². The highest BCUT2D eigenvalue weighted by Crippen LogP contribution is 2.22. The second-order valence-corrected chi connectivity index (χ2v) is 5.46. The molecule has 21 heavy (non-hydrogen) atoms. The molecule has 2 aliphatic heterocycles. The van der Waals surface area contributed by atoms with Gasteiger partial charge in [-0.05, 0) is 19.3 Å². The summed E-state index contributed by atoms with van der Waals surface area (Å²) in [5.41, 5.74) is 0.0897. The summed E-state index contributed by atoms with van der Waals surface area (Å²) >= 11 is 0. The SMILES string of the molecule is CCCCC1CC(C(=O)N2CCC[C@H]2C(=O)OC)=[N+]([O-])O1. The van der Waals surface area contributed by atoms with E-state index < -0.39 is 17.9 Å². The lowest BCUT2D eigenvalue weighted by Gasteiger charge is -2.20. The monoisotopic (exact) mass is 298 g/mol. The smallest absolute Gasteiger partial charge is 0.328 e. The van der Waals surface area contributed by atoms with Crippen LogP contribution < -0.4 is 0 Å². The third-order valence-corrected chi connectivity index (χ3v) is 4.00. The molecule has 0 aromatic heterocycles. The number of hydrogen-bond donors (Lipinski definition) is 0. The molecule has 2 atom stereocenters. The third kappa shape index (κ3) is 3.28. The van der Waals surface area contributed by atoms with Gasteiger partial charge in [-0.3, -0.25) is 10.0 Å². The van der Waals surface area contributed by atoms with Crippen LogP contribution in [0, 0.1) is 5.21 Å². The van der Waals surface area contributed by atoms with Crippen LogP contribution in [0.3, 0.4) is 0 Å². The molecule has 0 bridgehead atoms. The van der Waals surface area contributed by atoms with E-state index in [0.717, 1.165) is 25.7 Å². The summed E-state index contributed by atoms with van der Waals surface area (Å²) in [5, 5.41) is 11.8. The number of ether oxygens (including phenoxy) is 1. The first-order valence-electron chi connectivity index (χ1n) is 7.47. The maximum atomic E-state index is 12.5. The van der Waals surface area contributed by atoms with Gasteiger partial charge in [0, 0.05) is 11.4 Å². The van der Waals surface area contributed by atoms with Crippen LogP contribution in [0.15, 0.2) is 0 Å². The Balaban J connectivity index is 2.02. The highest BCUT2D eigenvalue weighted by atomic mass is 16.9. The van der Waals surface area contributed by atoms with Crippen LogP contribution in [0.2, 0.25) is 0 Å². The standard InChI is InChI=1S/C14H22N2O5/c1-3-4-6-10-9-12(16(19)21-10)13(17)15-8-5-7-11(15)14(18)20-2/h10-11H,3-9H2,1-2H3/t10?,11-/m0/s1. The number of amides is 1. The summed E-state index contributed by atoms with van der Waals surface area (Å²) in [6.45, 7) is 2.53. The van der Waals surface area contributed by atoms with E-state index in [1.165, 1.54) is 12.0 Å². The van der Waals surface area contributed by atoms with Gasteiger partial charge in [0.2, 0.25) is 0 Å². The van der Waals surface area contributed by atoms with Crippen molar-refractivity contribution in [2.24, 2.45) is 0 Å². The van der Waals surface area contributed by atoms with Gasteiger partial charge in [-0.2, -0.15) is 0 Å². The molecule has 0 radical (unpaired) electrons. The highest BCUT2D eigenvalue weighted by Gasteiger charge is 2.42. The van der Waals surface area contributed by atoms with Crippen molar-refractivity contribution in [1.29, 1.82) is 0 Å². The molecule has 2 aliphatic rings. The number of esters is 1. The van der Waals surface area contributed by atoms with E-state index >= 15 is 0 Å². The quantitative estimate of drug-likeness (QED) is 0.558. The van der Waals surface area contributed by atoms with Crippen LogP contribution in [0.5, 0.6) is 0 Å². The predicted octanol–water partition coefficient (Wildman–Crippen LogP) is 0.996. The van der Waals surface area contributed by atoms with E-state index in [1.807, 2.05) is 0 Å². The Hall–Kier alpha value is -1.79. The van der Waals surface area contributed by atoms with Crippen LogP contribution in [0.1, 0.15) is 45.4 Å². The predicted molar refractivity (Wildman–Crippen MR) is 74.4 cm³/mol. The van der Waals surface area contributed by atoms with Crippen molar-refractivity contribution in [1.82, 2.24) is 4.90 Å². The lowest BCUT2D eigenvalue weighted by molar-refractivity contribution is -0.740. The summed E-state index contributed by atoms with van der Waals surface area (Å²) in [5.74, 6) is -0.836. The van der Waals surface area contributed by atoms with Crippen molar-refractivity contribution < 1.29 is 24.1 Å². The molecule has 0 N–H and O–H groups in total. The zero-order chi connectivity index (χ0) is 15.4. The second-order valence-electron chi connectivity index (χ2n) is 5.46. The fraction of sp³-hybridized carbons (Fsp3) is 0.786. The number of methoxy groups -OCH3 is 1. The molecule has 0 spiro atoms. The van der Waals surface area contributed by atoms with Gasteiger partial charge >= 0.3 is 17.6 Å². The number of hydrogen-bond acceptors (Lipinski definition) is 5. The maximum absolute atomic E-state index is 12.5. The average molecular weight is 298 g/mol. The minimum Gasteiger partial charge on any atom is -0.467 e. The summed E-state index contributed by atoms with van der Waals surface area (Å²) in [6.07, 6.45) is 4.11. The Morgan fingerprint density at radius 1 is 1.52 bits per heavy atom. The first-order valence-corrected chi connectivity index (χ1v) is 7.47. The highest BCUT2D eigenvalue weighted by molar-refractivity contribution is 6.37. The van der Waals surface area contributed by atoms with E-state index in [2.05, 4.69) is 6.92 Å². The Labute approximate surface area is 124 Å². The van der Waals surface area contributed by atoms with Crippen LogP contribution in [0.25, 0.3) is 0 Å². The molecule has 0 saturated carbocycles. The second kappa shape index (κ2) is 6.78. The van der Waals surface area contributed by atoms with Gasteiger partial charge in [0.25, 0.3) is 0 Å². The maximum Gasteiger partial charge on any atom is 0.328 e. The van der Waals surface area contributed by atoms with Crippen molar-refractivity contribution >= 4 is 17.6 Å². The lowest BCUT2D eigenvalue weighted by atomic mass is 10.1. The molecule has 0 aromatic carbocycles. The molecule has 0 aliphatic carbocycles. The molecule has 1 saturated heterocycles. The van der Waals surface area contributed by atoms with Gasteiger partial charge in [-0.25, -0.2) is 4.79 Å². The van der Waals surface area contributed by atoms with Crippen LogP contribution >= 0.6 is 0 Å². The van der Waals surface area contributed by atoms with Gasteiger partial charge in [-0.15, -0.1) is 0 Å². The largest absolute Gasteiger partial charge is 0.467 e. The molecule has 7 heteroatoms. The minimum atomic E-state index is -0.585. The lowest BCUT2D eigenvalue weighted by Crippen LogP contribution is -2.45. The fourth-order valence-electron chi connectivity index (χ4n) is 2.84. The van der Waals surface area contributed by atoms with E-state index in [9.17, 15) is 14.8 Å². The van der Waals surface area contributed by atoms with E-state index in [4.69, 9.17) is 9.57 Å². The number of unbranched alkanes of at least 4 members (excludes halogenated alkanes) is 1. The molecule has 2 rings (SSSR count). The number of likely N-dealkylation sites (tertiary alicyclic amines) is 1. The molecular formula is C14H22N2O5. The molecule has 1 unspecified atom stereocenters. The molecular weight excluding hydrogens is 276 g/mol. The molecule has 1 amide bonds. The van der Waals surface area contributed by atoms with Crippen molar-refractivity contribution in [3.8, 4) is 0 Å². The van der Waals surface area contributed by atoms with Gasteiger partial charge in [0.05, 0.1) is 19.6 Å². The normalized spacial score (nSPS) is 25.1. The molecule has 118 valence electrons. The topological polar surface area (TPSA) is 81.9 Å². The van der Waals surface area contributed by atoms with Crippen LogP contribution in [-0.4, -0.2) is 53.2 Å². The number of nitrogens with zero attached hydrogens (tertiary/aromatic N) is 2. The van der Waals surface area contributed by atoms with Gasteiger partial charge in [0.15, 0.2) is 0 Å². The van der Waals surface area contributed by atoms with Crippen molar-refractivity contribution in [3.63, 3.8) is 0 Å². The summed E-state index contributed by atoms with van der Waals surface area (Å²) in [7, 11) is 1.30. The summed E-state index contributed by atoms with van der Waals surface area (Å²) in [6, 6.07) is -0.585. The summed E-state index contributed by atoms with van der Waals surface area (Å²) < 4.78 is 4.71. The Morgan fingerprint density at radius 3 is 2.95 bits per heavy atom. The molecule has 2 heterocycles. The van der Waals surface area contributed by atoms with Gasteiger partial charge < -0.3 is 14.5 Å². The number of carbonyl (C=O) groups is 2. The Bertz CT molecular complexity index is 449. The third-order valence-electron chi connectivity index (χ3n) is 4.00. The summed E-state index contributed by atoms with van der Waals surface area (Å²) in [4.78, 5) is 31.1.